The third-order valence-electron chi connectivity index (χ3n) is 2.37. The molecule has 7 heteroatoms. The van der Waals surface area contributed by atoms with Gasteiger partial charge in [-0.2, -0.15) is 5.26 Å². The molecule has 0 fully saturated rings. The van der Waals surface area contributed by atoms with Gasteiger partial charge >= 0.3 is 0 Å². The quantitative estimate of drug-likeness (QED) is 0.919. The predicted molar refractivity (Wildman–Crippen MR) is 68.6 cm³/mol. The smallest absolute Gasteiger partial charge is 0.239 e. The lowest BCUT2D eigenvalue weighted by Gasteiger charge is -2.05. The minimum atomic E-state index is -3.64. The first-order valence-electron chi connectivity index (χ1n) is 5.42. The van der Waals surface area contributed by atoms with Crippen molar-refractivity contribution in [2.45, 2.75) is 12.7 Å². The zero-order valence-corrected chi connectivity index (χ0v) is 10.9. The number of anilines is 1. The van der Waals surface area contributed by atoms with Crippen LogP contribution in [0.5, 0.6) is 0 Å². The van der Waals surface area contributed by atoms with Crippen LogP contribution in [0.25, 0.3) is 0 Å². The number of sulfonamides is 1. The van der Waals surface area contributed by atoms with Crippen molar-refractivity contribution in [2.75, 3.05) is 4.72 Å². The summed E-state index contributed by atoms with van der Waals surface area (Å²) in [5.41, 5.74) is 1.35. The van der Waals surface area contributed by atoms with E-state index in [1.165, 1.54) is 6.07 Å². The molecule has 19 heavy (non-hydrogen) atoms. The van der Waals surface area contributed by atoms with Crippen LogP contribution in [0.4, 0.5) is 5.88 Å². The van der Waals surface area contributed by atoms with Crippen molar-refractivity contribution in [3.8, 4) is 6.07 Å². The normalized spacial score (nSPS) is 10.9. The van der Waals surface area contributed by atoms with Crippen LogP contribution in [0.2, 0.25) is 0 Å². The average molecular weight is 277 g/mol. The van der Waals surface area contributed by atoms with Crippen molar-refractivity contribution < 1.29 is 12.9 Å². The van der Waals surface area contributed by atoms with E-state index >= 15 is 0 Å². The Balaban J connectivity index is 2.20. The number of rotatable bonds is 4. The predicted octanol–water partition coefficient (Wildman–Crippen LogP) is 1.80. The Hall–Kier alpha value is -2.33. The van der Waals surface area contributed by atoms with Gasteiger partial charge in [0, 0.05) is 6.07 Å². The summed E-state index contributed by atoms with van der Waals surface area (Å²) in [7, 11) is -3.64. The van der Waals surface area contributed by atoms with E-state index in [4.69, 9.17) is 9.78 Å². The van der Waals surface area contributed by atoms with Gasteiger partial charge in [-0.15, -0.1) is 0 Å². The van der Waals surface area contributed by atoms with Gasteiger partial charge in [0.2, 0.25) is 15.9 Å². The number of nitrogens with zero attached hydrogens (tertiary/aromatic N) is 2. The summed E-state index contributed by atoms with van der Waals surface area (Å²) in [5, 5.41) is 12.5. The Morgan fingerprint density at radius 3 is 2.79 bits per heavy atom. The summed E-state index contributed by atoms with van der Waals surface area (Å²) >= 11 is 0. The van der Waals surface area contributed by atoms with Gasteiger partial charge in [0.1, 0.15) is 0 Å². The molecule has 0 unspecified atom stereocenters. The summed E-state index contributed by atoms with van der Waals surface area (Å²) in [4.78, 5) is 0. The van der Waals surface area contributed by atoms with Gasteiger partial charge < -0.3 is 4.52 Å². The van der Waals surface area contributed by atoms with E-state index in [0.29, 0.717) is 16.8 Å². The van der Waals surface area contributed by atoms with Gasteiger partial charge in [-0.25, -0.2) is 8.42 Å². The van der Waals surface area contributed by atoms with Gasteiger partial charge in [-0.3, -0.25) is 4.72 Å². The molecule has 0 atom stereocenters. The maximum Gasteiger partial charge on any atom is 0.239 e. The highest BCUT2D eigenvalue weighted by Crippen LogP contribution is 2.15. The van der Waals surface area contributed by atoms with Crippen LogP contribution >= 0.6 is 0 Å². The minimum Gasteiger partial charge on any atom is -0.338 e. The number of nitriles is 1. The Kier molecular flexibility index (Phi) is 3.53. The summed E-state index contributed by atoms with van der Waals surface area (Å²) in [5.74, 6) is -0.233. The van der Waals surface area contributed by atoms with Crippen molar-refractivity contribution >= 4 is 15.9 Å². The van der Waals surface area contributed by atoms with Crippen molar-refractivity contribution in [1.29, 1.82) is 5.26 Å². The first-order chi connectivity index (χ1) is 9.00. The molecule has 0 spiro atoms. The lowest BCUT2D eigenvalue weighted by Crippen LogP contribution is -2.15. The van der Waals surface area contributed by atoms with Crippen molar-refractivity contribution in [3.05, 3.63) is 47.2 Å². The second kappa shape index (κ2) is 5.12. The molecule has 1 aromatic carbocycles. The third-order valence-corrected chi connectivity index (χ3v) is 3.57. The molecule has 1 N–H and O–H groups in total. The van der Waals surface area contributed by atoms with Crippen molar-refractivity contribution in [3.63, 3.8) is 0 Å². The fraction of sp³-hybridized carbons (Fsp3) is 0.167. The molecule has 0 aliphatic rings. The molecule has 2 aromatic rings. The molecular formula is C12H11N3O3S. The molecule has 1 heterocycles. The van der Waals surface area contributed by atoms with Crippen LogP contribution in [-0.4, -0.2) is 13.6 Å². The number of aryl methyl sites for hydroxylation is 1. The molecule has 0 aliphatic heterocycles. The topological polar surface area (TPSA) is 96.0 Å². The van der Waals surface area contributed by atoms with Crippen molar-refractivity contribution in [2.24, 2.45) is 0 Å². The molecule has 2 rings (SSSR count). The molecule has 0 amide bonds. The average Bonchev–Trinajstić information content (AvgIpc) is 2.74. The van der Waals surface area contributed by atoms with Crippen LogP contribution < -0.4 is 4.72 Å². The summed E-state index contributed by atoms with van der Waals surface area (Å²) in [6.07, 6.45) is 0. The van der Waals surface area contributed by atoms with Crippen LogP contribution in [0.15, 0.2) is 34.9 Å². The molecule has 98 valence electrons. The number of hydrogen-bond acceptors (Lipinski definition) is 5. The monoisotopic (exact) mass is 277 g/mol. The molecule has 0 aliphatic carbocycles. The number of benzene rings is 1. The van der Waals surface area contributed by atoms with Crippen LogP contribution in [-0.2, 0) is 15.8 Å². The largest absolute Gasteiger partial charge is 0.338 e. The maximum absolute atomic E-state index is 11.9. The standard InChI is InChI=1S/C12H11N3O3S/c1-9-6-12(18-14-9)15-19(16,17)8-11-5-3-2-4-10(11)7-13/h2-6,15H,8H2,1H3. The zero-order chi connectivity index (χ0) is 13.9. The molecule has 0 saturated carbocycles. The Bertz CT molecular complexity index is 729. The van der Waals surface area contributed by atoms with Crippen LogP contribution in [0.1, 0.15) is 16.8 Å². The first-order valence-corrected chi connectivity index (χ1v) is 7.07. The summed E-state index contributed by atoms with van der Waals surface area (Å²) in [6.45, 7) is 1.69. The van der Waals surface area contributed by atoms with E-state index in [1.54, 1.807) is 31.2 Å². The van der Waals surface area contributed by atoms with E-state index in [0.717, 1.165) is 0 Å². The highest BCUT2D eigenvalue weighted by atomic mass is 32.2. The Labute approximate surface area is 110 Å². The summed E-state index contributed by atoms with van der Waals surface area (Å²) < 4.78 is 30.9. The number of hydrogen-bond donors (Lipinski definition) is 1. The highest BCUT2D eigenvalue weighted by Gasteiger charge is 2.16. The third kappa shape index (κ3) is 3.33. The first kappa shape index (κ1) is 13.1. The zero-order valence-electron chi connectivity index (χ0n) is 10.1. The van der Waals surface area contributed by atoms with Gasteiger partial charge in [0.25, 0.3) is 0 Å². The highest BCUT2D eigenvalue weighted by molar-refractivity contribution is 7.91. The van der Waals surface area contributed by atoms with Crippen LogP contribution in [0, 0.1) is 18.3 Å². The second-order valence-corrected chi connectivity index (χ2v) is 5.68. The van der Waals surface area contributed by atoms with Crippen LogP contribution in [0.3, 0.4) is 0 Å². The molecular weight excluding hydrogens is 266 g/mol. The molecule has 6 nitrogen and oxygen atoms in total. The molecule has 0 saturated heterocycles. The second-order valence-electron chi connectivity index (χ2n) is 3.96. The van der Waals surface area contributed by atoms with Crippen molar-refractivity contribution in [1.82, 2.24) is 5.16 Å². The Morgan fingerprint density at radius 1 is 1.42 bits per heavy atom. The van der Waals surface area contributed by atoms with E-state index in [9.17, 15) is 8.42 Å². The lowest BCUT2D eigenvalue weighted by molar-refractivity contribution is 0.430. The van der Waals surface area contributed by atoms with E-state index < -0.39 is 10.0 Å². The fourth-order valence-electron chi connectivity index (χ4n) is 1.56. The minimum absolute atomic E-state index is 0.0620. The van der Waals surface area contributed by atoms with Gasteiger partial charge in [0.15, 0.2) is 0 Å². The number of nitrogens with one attached hydrogen (secondary N) is 1. The molecule has 0 radical (unpaired) electrons. The van der Waals surface area contributed by atoms with E-state index in [-0.39, 0.29) is 11.6 Å². The molecule has 0 bridgehead atoms. The fourth-order valence-corrected chi connectivity index (χ4v) is 2.70. The SMILES string of the molecule is Cc1cc(NS(=O)(=O)Cc2ccccc2C#N)on1. The number of aromatic nitrogens is 1. The van der Waals surface area contributed by atoms with Gasteiger partial charge in [-0.05, 0) is 18.6 Å². The maximum atomic E-state index is 11.9. The van der Waals surface area contributed by atoms with Gasteiger partial charge in [-0.1, -0.05) is 23.4 Å². The Morgan fingerprint density at radius 2 is 2.16 bits per heavy atom. The summed E-state index contributed by atoms with van der Waals surface area (Å²) in [6, 6.07) is 9.98. The lowest BCUT2D eigenvalue weighted by atomic mass is 10.1. The van der Waals surface area contributed by atoms with Gasteiger partial charge in [0.05, 0.1) is 23.1 Å². The van der Waals surface area contributed by atoms with E-state index in [2.05, 4.69) is 9.88 Å². The molecule has 1 aromatic heterocycles. The van der Waals surface area contributed by atoms with E-state index in [1.807, 2.05) is 6.07 Å².